The predicted molar refractivity (Wildman–Crippen MR) is 115 cm³/mol. The van der Waals surface area contributed by atoms with Crippen LogP contribution in [0.3, 0.4) is 0 Å². The molecule has 0 spiro atoms. The van der Waals surface area contributed by atoms with Crippen molar-refractivity contribution in [3.8, 4) is 11.1 Å². The summed E-state index contributed by atoms with van der Waals surface area (Å²) in [5, 5.41) is 17.3. The first-order valence-corrected chi connectivity index (χ1v) is 10.5. The number of carbonyl (C=O) groups is 1. The molecule has 1 amide bonds. The zero-order valence-corrected chi connectivity index (χ0v) is 16.5. The average Bonchev–Trinajstić information content (AvgIpc) is 3.49. The molecule has 1 fully saturated rings. The van der Waals surface area contributed by atoms with E-state index in [1.807, 2.05) is 24.4 Å². The minimum Gasteiger partial charge on any atom is -0.347 e. The fourth-order valence-electron chi connectivity index (χ4n) is 3.55. The van der Waals surface area contributed by atoms with Crippen molar-refractivity contribution in [2.75, 3.05) is 18.4 Å². The number of benzene rings is 1. The van der Waals surface area contributed by atoms with Gasteiger partial charge < -0.3 is 16.0 Å². The number of rotatable bonds is 5. The molecular weight excluding hydrogens is 386 g/mol. The summed E-state index contributed by atoms with van der Waals surface area (Å²) in [6.45, 7) is 1.76. The van der Waals surface area contributed by atoms with Crippen molar-refractivity contribution in [3.05, 3.63) is 42.7 Å². The van der Waals surface area contributed by atoms with Crippen molar-refractivity contribution >= 4 is 38.3 Å². The van der Waals surface area contributed by atoms with Gasteiger partial charge in [-0.3, -0.25) is 14.9 Å². The Morgan fingerprint density at radius 3 is 3.07 bits per heavy atom. The van der Waals surface area contributed by atoms with E-state index in [9.17, 15) is 4.79 Å². The number of thiazole rings is 1. The lowest BCUT2D eigenvalue weighted by Gasteiger charge is -2.18. The third kappa shape index (κ3) is 3.92. The molecule has 1 saturated heterocycles. The Bertz CT molecular complexity index is 1080. The van der Waals surface area contributed by atoms with Crippen LogP contribution in [0.25, 0.3) is 21.3 Å². The van der Waals surface area contributed by atoms with Gasteiger partial charge in [-0.15, -0.1) is 0 Å². The van der Waals surface area contributed by atoms with Crippen LogP contribution < -0.4 is 16.0 Å². The van der Waals surface area contributed by atoms with Gasteiger partial charge in [0.05, 0.1) is 16.4 Å². The number of H-pyrrole nitrogens is 1. The molecule has 9 heteroatoms. The number of aromatic nitrogens is 3. The molecule has 0 bridgehead atoms. The van der Waals surface area contributed by atoms with Crippen LogP contribution in [-0.2, 0) is 4.79 Å². The first-order valence-electron chi connectivity index (χ1n) is 9.67. The van der Waals surface area contributed by atoms with E-state index in [2.05, 4.69) is 42.2 Å². The molecule has 148 valence electrons. The zero-order valence-electron chi connectivity index (χ0n) is 15.7. The number of anilines is 1. The minimum absolute atomic E-state index is 0.115. The highest BCUT2D eigenvalue weighted by Crippen LogP contribution is 2.31. The van der Waals surface area contributed by atoms with Gasteiger partial charge in [0.1, 0.15) is 11.9 Å². The molecule has 8 nitrogen and oxygen atoms in total. The summed E-state index contributed by atoms with van der Waals surface area (Å²) in [6.07, 6.45) is 8.94. The van der Waals surface area contributed by atoms with Gasteiger partial charge in [-0.25, -0.2) is 4.98 Å². The molecule has 4 N–H and O–H groups in total. The van der Waals surface area contributed by atoms with Gasteiger partial charge in [-0.2, -0.15) is 5.10 Å². The smallest absolute Gasteiger partial charge is 0.269 e. The maximum Gasteiger partial charge on any atom is 0.269 e. The molecule has 5 rings (SSSR count). The molecule has 0 radical (unpaired) electrons. The second-order valence-corrected chi connectivity index (χ2v) is 8.19. The van der Waals surface area contributed by atoms with E-state index < -0.39 is 0 Å². The third-order valence-corrected chi connectivity index (χ3v) is 6.02. The molecule has 3 aromatic rings. The van der Waals surface area contributed by atoms with Crippen molar-refractivity contribution in [2.24, 2.45) is 4.99 Å². The quantitative estimate of drug-likeness (QED) is 0.519. The first kappa shape index (κ1) is 18.0. The summed E-state index contributed by atoms with van der Waals surface area (Å²) in [5.41, 5.74) is 3.54. The Balaban J connectivity index is 1.30. The van der Waals surface area contributed by atoms with Crippen LogP contribution in [0.15, 0.2) is 47.7 Å². The van der Waals surface area contributed by atoms with Crippen molar-refractivity contribution in [1.82, 2.24) is 25.8 Å². The Morgan fingerprint density at radius 2 is 2.24 bits per heavy atom. The first-order chi connectivity index (χ1) is 14.2. The average molecular weight is 408 g/mol. The van der Waals surface area contributed by atoms with Crippen LogP contribution in [0.1, 0.15) is 12.8 Å². The summed E-state index contributed by atoms with van der Waals surface area (Å²) in [7, 11) is 0. The number of carbonyl (C=O) groups excluding carboxylic acids is 1. The monoisotopic (exact) mass is 407 g/mol. The predicted octanol–water partition coefficient (Wildman–Crippen LogP) is 2.30. The molecule has 29 heavy (non-hydrogen) atoms. The number of nitrogens with one attached hydrogen (secondary N) is 4. The maximum absolute atomic E-state index is 12.5. The van der Waals surface area contributed by atoms with Gasteiger partial charge >= 0.3 is 0 Å². The van der Waals surface area contributed by atoms with Gasteiger partial charge in [0.15, 0.2) is 5.13 Å². The Labute approximate surface area is 171 Å². The van der Waals surface area contributed by atoms with Gasteiger partial charge in [0, 0.05) is 30.8 Å². The molecule has 2 unspecified atom stereocenters. The van der Waals surface area contributed by atoms with Crippen molar-refractivity contribution < 1.29 is 4.79 Å². The second-order valence-electron chi connectivity index (χ2n) is 7.16. The Morgan fingerprint density at radius 1 is 1.28 bits per heavy atom. The number of nitrogens with zero attached hydrogens (tertiary/aromatic N) is 3. The van der Waals surface area contributed by atoms with Gasteiger partial charge in [0.2, 0.25) is 0 Å². The molecule has 0 aliphatic carbocycles. The molecule has 4 heterocycles. The summed E-state index contributed by atoms with van der Waals surface area (Å²) >= 11 is 1.58. The highest BCUT2D eigenvalue weighted by Gasteiger charge is 2.21. The lowest BCUT2D eigenvalue weighted by atomic mass is 10.1. The summed E-state index contributed by atoms with van der Waals surface area (Å²) < 4.78 is 1.09. The number of amides is 1. The maximum atomic E-state index is 12.5. The van der Waals surface area contributed by atoms with Gasteiger partial charge in [-0.1, -0.05) is 23.5 Å². The zero-order chi connectivity index (χ0) is 19.6. The van der Waals surface area contributed by atoms with Crippen LogP contribution >= 0.6 is 11.3 Å². The molecular formula is C20H21N7OS. The van der Waals surface area contributed by atoms with E-state index in [-0.39, 0.29) is 18.1 Å². The molecule has 2 aliphatic rings. The lowest BCUT2D eigenvalue weighted by molar-refractivity contribution is -0.115. The number of fused-ring (bicyclic) bond motifs is 1. The molecule has 2 aromatic heterocycles. The van der Waals surface area contributed by atoms with E-state index in [1.54, 1.807) is 23.6 Å². The second kappa shape index (κ2) is 7.76. The molecule has 0 saturated carbocycles. The van der Waals surface area contributed by atoms with E-state index in [1.165, 1.54) is 0 Å². The standard InChI is InChI=1S/C20H21N7OS/c28-19(24-14-6-7-21-11-14)16-2-1-3-18(25-16)27-20-26-15-5-4-12(8-17(15)29-20)13-9-22-23-10-13/h1-2,4-5,8-10,14,18,21H,3,6-7,11H2,(H,22,23)(H,24,28)(H,26,27). The largest absolute Gasteiger partial charge is 0.347 e. The van der Waals surface area contributed by atoms with E-state index >= 15 is 0 Å². The van der Waals surface area contributed by atoms with Crippen LogP contribution in [0.2, 0.25) is 0 Å². The van der Waals surface area contributed by atoms with E-state index in [4.69, 9.17) is 0 Å². The number of dihydropyridines is 1. The van der Waals surface area contributed by atoms with Crippen LogP contribution in [0, 0.1) is 0 Å². The highest BCUT2D eigenvalue weighted by molar-refractivity contribution is 7.22. The lowest BCUT2D eigenvalue weighted by Crippen LogP contribution is -2.41. The Kier molecular flexibility index (Phi) is 4.82. The fraction of sp³-hybridized carbons (Fsp3) is 0.300. The van der Waals surface area contributed by atoms with Crippen molar-refractivity contribution in [3.63, 3.8) is 0 Å². The van der Waals surface area contributed by atoms with Crippen molar-refractivity contribution in [1.29, 1.82) is 0 Å². The van der Waals surface area contributed by atoms with E-state index in [0.29, 0.717) is 5.71 Å². The Hall–Kier alpha value is -3.04. The number of hydrogen-bond acceptors (Lipinski definition) is 7. The molecule has 2 atom stereocenters. The third-order valence-electron chi connectivity index (χ3n) is 5.07. The number of hydrogen-bond donors (Lipinski definition) is 4. The van der Waals surface area contributed by atoms with E-state index in [0.717, 1.165) is 52.4 Å². The normalized spacial score (nSPS) is 21.3. The molecule has 2 aliphatic heterocycles. The van der Waals surface area contributed by atoms with Crippen LogP contribution in [0.5, 0.6) is 0 Å². The van der Waals surface area contributed by atoms with Gasteiger partial charge in [-0.05, 0) is 36.7 Å². The minimum atomic E-state index is -0.198. The van der Waals surface area contributed by atoms with Crippen molar-refractivity contribution in [2.45, 2.75) is 25.0 Å². The van der Waals surface area contributed by atoms with Crippen LogP contribution in [0.4, 0.5) is 5.13 Å². The summed E-state index contributed by atoms with van der Waals surface area (Å²) in [6, 6.07) is 6.35. The molecule has 1 aromatic carbocycles. The number of aliphatic imine (C=N–C) groups is 1. The summed E-state index contributed by atoms with van der Waals surface area (Å²) in [5.74, 6) is -0.115. The van der Waals surface area contributed by atoms with Gasteiger partial charge in [0.25, 0.3) is 5.91 Å². The SMILES string of the molecule is O=C(NC1CCNC1)C1=NC(Nc2nc3ccc(-c4cn[nH]c4)cc3s2)CC=C1. The van der Waals surface area contributed by atoms with Crippen LogP contribution in [-0.4, -0.2) is 52.1 Å². The number of aromatic amines is 1. The fourth-order valence-corrected chi connectivity index (χ4v) is 4.50. The summed E-state index contributed by atoms with van der Waals surface area (Å²) in [4.78, 5) is 21.7. The highest BCUT2D eigenvalue weighted by atomic mass is 32.1. The topological polar surface area (TPSA) is 107 Å².